The molecule has 0 radical (unpaired) electrons. The molecule has 0 heterocycles. The van der Waals surface area contributed by atoms with Crippen LogP contribution in [0.4, 0.5) is 0 Å². The van der Waals surface area contributed by atoms with E-state index in [-0.39, 0.29) is 39.3 Å². The Morgan fingerprint density at radius 2 is 0.726 bits per heavy atom. The van der Waals surface area contributed by atoms with Crippen LogP contribution >= 0.6 is 0 Å². The van der Waals surface area contributed by atoms with Gasteiger partial charge in [-0.2, -0.15) is 5.26 Å². The minimum absolute atomic E-state index is 0.00943. The van der Waals surface area contributed by atoms with E-state index in [4.69, 9.17) is 28.4 Å². The largest absolute Gasteiger partial charge is 0.494 e. The number of unbranched alkanes of at least 4 members (excludes halogenated alkanes) is 10. The fourth-order valence-electron chi connectivity index (χ4n) is 6.24. The molecule has 0 saturated carbocycles. The molecule has 0 atom stereocenters. The lowest BCUT2D eigenvalue weighted by Gasteiger charge is -2.10. The number of nitriles is 1. The van der Waals surface area contributed by atoms with Gasteiger partial charge in [0.2, 0.25) is 0 Å². The Morgan fingerprint density at radius 3 is 1.11 bits per heavy atom. The van der Waals surface area contributed by atoms with Gasteiger partial charge in [0.1, 0.15) is 34.8 Å². The summed E-state index contributed by atoms with van der Waals surface area (Å²) < 4.78 is 33.6. The lowest BCUT2D eigenvalue weighted by molar-refractivity contribution is 0.0713. The van der Waals surface area contributed by atoms with Crippen LogP contribution in [0.3, 0.4) is 0 Å². The van der Waals surface area contributed by atoms with Crippen LogP contribution in [0, 0.1) is 11.3 Å². The van der Waals surface area contributed by atoms with E-state index < -0.39 is 23.9 Å². The number of esters is 4. The molecule has 11 nitrogen and oxygen atoms in total. The molecule has 5 aromatic carbocycles. The van der Waals surface area contributed by atoms with Gasteiger partial charge in [0, 0.05) is 6.07 Å². The molecule has 0 bridgehead atoms. The number of nitrogens with zero attached hydrogens (tertiary/aromatic N) is 1. The second-order valence-corrected chi connectivity index (χ2v) is 14.7. The minimum atomic E-state index is -0.809. The first-order chi connectivity index (χ1) is 30.3. The molecule has 0 aliphatic rings. The lowest BCUT2D eigenvalue weighted by Crippen LogP contribution is -2.13. The van der Waals surface area contributed by atoms with Gasteiger partial charge in [0.05, 0.1) is 41.0 Å². The van der Waals surface area contributed by atoms with E-state index in [1.165, 1.54) is 118 Å². The van der Waals surface area contributed by atoms with Crippen molar-refractivity contribution in [2.75, 3.05) is 13.2 Å². The molecule has 5 rings (SSSR count). The number of rotatable bonds is 24. The lowest BCUT2D eigenvalue weighted by atomic mass is 10.1. The van der Waals surface area contributed by atoms with Crippen molar-refractivity contribution >= 4 is 23.9 Å². The first kappa shape index (κ1) is 46.1. The fraction of sp³-hybridized carbons (Fsp3) is 0.314. The molecule has 0 aromatic heterocycles. The Labute approximate surface area is 363 Å². The smallest absolute Gasteiger partial charge is 0.343 e. The number of hydrogen-bond donors (Lipinski definition) is 0. The average molecular weight is 840 g/mol. The highest BCUT2D eigenvalue weighted by Gasteiger charge is 2.18. The molecule has 0 aliphatic heterocycles. The van der Waals surface area contributed by atoms with Gasteiger partial charge in [-0.3, -0.25) is 0 Å². The van der Waals surface area contributed by atoms with Gasteiger partial charge in [0.25, 0.3) is 0 Å². The normalized spacial score (nSPS) is 10.6. The Balaban J connectivity index is 1.08. The third-order valence-electron chi connectivity index (χ3n) is 9.80. The average Bonchev–Trinajstić information content (AvgIpc) is 3.29. The number of benzene rings is 5. The highest BCUT2D eigenvalue weighted by atomic mass is 16.6. The number of hydrogen-bond acceptors (Lipinski definition) is 11. The second kappa shape index (κ2) is 25.0. The summed E-state index contributed by atoms with van der Waals surface area (Å²) in [6.45, 7) is 5.65. The van der Waals surface area contributed by atoms with Crippen molar-refractivity contribution < 1.29 is 47.6 Å². The molecule has 0 fully saturated rings. The maximum Gasteiger partial charge on any atom is 0.343 e. The Morgan fingerprint density at radius 1 is 0.403 bits per heavy atom. The molecule has 11 heteroatoms. The van der Waals surface area contributed by atoms with E-state index in [2.05, 4.69) is 13.8 Å². The van der Waals surface area contributed by atoms with Gasteiger partial charge in [-0.05, 0) is 122 Å². The monoisotopic (exact) mass is 839 g/mol. The van der Waals surface area contributed by atoms with E-state index in [1.807, 2.05) is 6.07 Å². The minimum Gasteiger partial charge on any atom is -0.494 e. The van der Waals surface area contributed by atoms with Crippen molar-refractivity contribution in [3.8, 4) is 40.6 Å². The topological polar surface area (TPSA) is 147 Å². The first-order valence-electron chi connectivity index (χ1n) is 21.3. The van der Waals surface area contributed by atoms with Crippen LogP contribution < -0.4 is 28.4 Å². The molecule has 0 spiro atoms. The highest BCUT2D eigenvalue weighted by Crippen LogP contribution is 2.27. The molecule has 0 N–H and O–H groups in total. The molecule has 0 amide bonds. The van der Waals surface area contributed by atoms with Crippen LogP contribution in [0.15, 0.2) is 115 Å². The third-order valence-corrected chi connectivity index (χ3v) is 9.80. The SMILES string of the molecule is CCCCCCCCOc1ccc(OC(=O)c2ccc(C(=O)Oc3ccc(C#N)c(OC(=O)c4ccc(C(=O)Oc5ccc(OCCCCCCCC)cc5)cc4)c3)cc2)cc1. The van der Waals surface area contributed by atoms with Crippen molar-refractivity contribution in [1.29, 1.82) is 5.26 Å². The van der Waals surface area contributed by atoms with E-state index in [0.29, 0.717) is 36.2 Å². The van der Waals surface area contributed by atoms with Crippen LogP contribution in [-0.4, -0.2) is 37.1 Å². The molecular weight excluding hydrogens is 787 g/mol. The summed E-state index contributed by atoms with van der Waals surface area (Å²) in [5, 5.41) is 9.66. The molecule has 5 aromatic rings. The number of carbonyl (C=O) groups is 4. The highest BCUT2D eigenvalue weighted by molar-refractivity contribution is 5.96. The van der Waals surface area contributed by atoms with Gasteiger partial charge >= 0.3 is 23.9 Å². The molecule has 0 saturated heterocycles. The zero-order valence-electron chi connectivity index (χ0n) is 35.4. The van der Waals surface area contributed by atoms with Crippen LogP contribution in [0.5, 0.6) is 34.5 Å². The Bertz CT molecular complexity index is 2240. The molecule has 0 unspecified atom stereocenters. The predicted molar refractivity (Wildman–Crippen MR) is 235 cm³/mol. The fourth-order valence-corrected chi connectivity index (χ4v) is 6.24. The van der Waals surface area contributed by atoms with Gasteiger partial charge in [-0.25, -0.2) is 19.2 Å². The Hall–Kier alpha value is -6.93. The summed E-state index contributed by atoms with van der Waals surface area (Å²) in [6.07, 6.45) is 14.1. The van der Waals surface area contributed by atoms with Gasteiger partial charge < -0.3 is 28.4 Å². The van der Waals surface area contributed by atoms with Gasteiger partial charge in [-0.15, -0.1) is 0 Å². The van der Waals surface area contributed by atoms with Crippen molar-refractivity contribution in [2.24, 2.45) is 0 Å². The predicted octanol–water partition coefficient (Wildman–Crippen LogP) is 11.9. The number of carbonyl (C=O) groups excluding carboxylic acids is 4. The summed E-state index contributed by atoms with van der Waals surface area (Å²) in [5.74, 6) is -0.834. The van der Waals surface area contributed by atoms with E-state index in [0.717, 1.165) is 25.7 Å². The van der Waals surface area contributed by atoms with E-state index in [9.17, 15) is 24.4 Å². The van der Waals surface area contributed by atoms with Gasteiger partial charge in [-0.1, -0.05) is 78.1 Å². The zero-order valence-corrected chi connectivity index (χ0v) is 35.4. The van der Waals surface area contributed by atoms with Crippen LogP contribution in [0.2, 0.25) is 0 Å². The van der Waals surface area contributed by atoms with Crippen LogP contribution in [-0.2, 0) is 0 Å². The molecule has 62 heavy (non-hydrogen) atoms. The first-order valence-corrected chi connectivity index (χ1v) is 21.3. The van der Waals surface area contributed by atoms with Crippen molar-refractivity contribution in [2.45, 2.75) is 90.9 Å². The number of ether oxygens (including phenoxy) is 6. The summed E-state index contributed by atoms with van der Waals surface area (Å²) in [6, 6.07) is 31.0. The van der Waals surface area contributed by atoms with E-state index >= 15 is 0 Å². The van der Waals surface area contributed by atoms with E-state index in [1.54, 1.807) is 48.5 Å². The summed E-state index contributed by atoms with van der Waals surface area (Å²) >= 11 is 0. The quantitative estimate of drug-likeness (QED) is 0.0332. The standard InChI is InChI=1S/C51H53NO10/c1-3-5-7-9-11-13-33-57-42-25-29-44(30-26-42)59-48(53)37-15-17-39(18-16-37)50(55)61-46-24-23-41(36-52)47(35-46)62-51(56)40-21-19-38(20-22-40)49(54)60-45-31-27-43(28-32-45)58-34-14-12-10-8-6-4-2/h15-32,35H,3-14,33-34H2,1-2H3. The maximum absolute atomic E-state index is 13.1. The summed E-state index contributed by atoms with van der Waals surface area (Å²) in [5.41, 5.74) is 0.686. The van der Waals surface area contributed by atoms with Gasteiger partial charge in [0.15, 0.2) is 5.75 Å². The van der Waals surface area contributed by atoms with Crippen LogP contribution in [0.1, 0.15) is 138 Å². The van der Waals surface area contributed by atoms with Crippen LogP contribution in [0.25, 0.3) is 0 Å². The molecular formula is C51H53NO10. The zero-order chi connectivity index (χ0) is 43.9. The Kier molecular flexibility index (Phi) is 18.6. The van der Waals surface area contributed by atoms with Crippen molar-refractivity contribution in [3.05, 3.63) is 143 Å². The second-order valence-electron chi connectivity index (χ2n) is 14.7. The van der Waals surface area contributed by atoms with Crippen molar-refractivity contribution in [3.63, 3.8) is 0 Å². The summed E-state index contributed by atoms with van der Waals surface area (Å²) in [7, 11) is 0. The molecule has 322 valence electrons. The molecule has 0 aliphatic carbocycles. The third kappa shape index (κ3) is 15.0. The maximum atomic E-state index is 13.1. The van der Waals surface area contributed by atoms with Crippen molar-refractivity contribution in [1.82, 2.24) is 0 Å². The summed E-state index contributed by atoms with van der Waals surface area (Å²) in [4.78, 5) is 51.7.